The molecule has 1 amide bonds. The molecule has 1 aliphatic rings. The van der Waals surface area contributed by atoms with Gasteiger partial charge in [-0.25, -0.2) is 4.98 Å². The fraction of sp³-hybridized carbons (Fsp3) is 0.412. The summed E-state index contributed by atoms with van der Waals surface area (Å²) in [5.74, 6) is 0.777. The number of aromatic nitrogens is 2. The third kappa shape index (κ3) is 3.32. The predicted molar refractivity (Wildman–Crippen MR) is 82.1 cm³/mol. The van der Waals surface area contributed by atoms with Gasteiger partial charge in [0.25, 0.3) is 5.91 Å². The first kappa shape index (κ1) is 13.9. The van der Waals surface area contributed by atoms with Crippen molar-refractivity contribution in [2.24, 2.45) is 5.92 Å². The molecule has 0 aliphatic carbocycles. The molecule has 2 aromatic rings. The van der Waals surface area contributed by atoms with E-state index in [9.17, 15) is 4.79 Å². The van der Waals surface area contributed by atoms with Crippen LogP contribution >= 0.6 is 0 Å². The SMILES string of the molecule is C[C@@H]1CCCN(C(=O)c2ccc(Cn3ccnc3)cc2)C1. The summed E-state index contributed by atoms with van der Waals surface area (Å²) < 4.78 is 2.02. The van der Waals surface area contributed by atoms with E-state index in [4.69, 9.17) is 0 Å². The van der Waals surface area contributed by atoms with Gasteiger partial charge in [-0.15, -0.1) is 0 Å². The number of amides is 1. The van der Waals surface area contributed by atoms with Crippen molar-refractivity contribution < 1.29 is 4.79 Å². The number of carbonyl (C=O) groups is 1. The predicted octanol–water partition coefficient (Wildman–Crippen LogP) is 2.80. The van der Waals surface area contributed by atoms with Crippen molar-refractivity contribution >= 4 is 5.91 Å². The second kappa shape index (κ2) is 6.12. The monoisotopic (exact) mass is 283 g/mol. The Morgan fingerprint density at radius 1 is 1.33 bits per heavy atom. The third-order valence-electron chi connectivity index (χ3n) is 4.07. The Morgan fingerprint density at radius 3 is 2.81 bits per heavy atom. The smallest absolute Gasteiger partial charge is 0.253 e. The minimum absolute atomic E-state index is 0.163. The lowest BCUT2D eigenvalue weighted by Gasteiger charge is -2.31. The molecule has 0 bridgehead atoms. The number of carbonyl (C=O) groups excluding carboxylic acids is 1. The van der Waals surface area contributed by atoms with E-state index < -0.39 is 0 Å². The van der Waals surface area contributed by atoms with Crippen molar-refractivity contribution in [3.63, 3.8) is 0 Å². The molecular weight excluding hydrogens is 262 g/mol. The topological polar surface area (TPSA) is 38.1 Å². The number of likely N-dealkylation sites (tertiary alicyclic amines) is 1. The zero-order valence-corrected chi connectivity index (χ0v) is 12.4. The van der Waals surface area contributed by atoms with Gasteiger partial charge in [0.2, 0.25) is 0 Å². The number of nitrogens with zero attached hydrogens (tertiary/aromatic N) is 3. The standard InChI is InChI=1S/C17H21N3O/c1-14-3-2-9-20(11-14)17(21)16-6-4-15(5-7-16)12-19-10-8-18-13-19/h4-8,10,13-14H,2-3,9,11-12H2,1H3/t14-/m1/s1. The number of rotatable bonds is 3. The number of piperidine rings is 1. The highest BCUT2D eigenvalue weighted by Crippen LogP contribution is 2.18. The third-order valence-corrected chi connectivity index (χ3v) is 4.07. The van der Waals surface area contributed by atoms with Gasteiger partial charge in [-0.1, -0.05) is 19.1 Å². The maximum absolute atomic E-state index is 12.5. The number of imidazole rings is 1. The average Bonchev–Trinajstić information content (AvgIpc) is 3.00. The molecule has 21 heavy (non-hydrogen) atoms. The molecule has 0 radical (unpaired) electrons. The summed E-state index contributed by atoms with van der Waals surface area (Å²) >= 11 is 0. The fourth-order valence-electron chi connectivity index (χ4n) is 2.90. The number of benzene rings is 1. The highest BCUT2D eigenvalue weighted by Gasteiger charge is 2.21. The zero-order valence-electron chi connectivity index (χ0n) is 12.4. The maximum Gasteiger partial charge on any atom is 0.253 e. The Balaban J connectivity index is 1.67. The summed E-state index contributed by atoms with van der Waals surface area (Å²) in [7, 11) is 0. The molecule has 110 valence electrons. The number of hydrogen-bond acceptors (Lipinski definition) is 2. The van der Waals surface area contributed by atoms with Crippen LogP contribution in [-0.2, 0) is 6.54 Å². The first-order valence-corrected chi connectivity index (χ1v) is 7.56. The molecule has 1 aromatic carbocycles. The quantitative estimate of drug-likeness (QED) is 0.868. The van der Waals surface area contributed by atoms with E-state index in [1.807, 2.05) is 39.9 Å². The van der Waals surface area contributed by atoms with Crippen LogP contribution in [0.25, 0.3) is 0 Å². The van der Waals surface area contributed by atoms with Gasteiger partial charge < -0.3 is 9.47 Å². The Kier molecular flexibility index (Phi) is 4.04. The molecule has 1 aromatic heterocycles. The molecule has 4 heteroatoms. The molecule has 1 aliphatic heterocycles. The van der Waals surface area contributed by atoms with E-state index in [1.165, 1.54) is 12.0 Å². The van der Waals surface area contributed by atoms with Gasteiger partial charge in [-0.3, -0.25) is 4.79 Å². The van der Waals surface area contributed by atoms with E-state index >= 15 is 0 Å². The van der Waals surface area contributed by atoms with Crippen molar-refractivity contribution in [1.82, 2.24) is 14.5 Å². The lowest BCUT2D eigenvalue weighted by Crippen LogP contribution is -2.39. The van der Waals surface area contributed by atoms with Crippen molar-refractivity contribution in [3.8, 4) is 0 Å². The summed E-state index contributed by atoms with van der Waals surface area (Å²) in [6.07, 6.45) is 7.86. The van der Waals surface area contributed by atoms with E-state index in [0.717, 1.165) is 31.6 Å². The Labute approximate surface area is 125 Å². The summed E-state index contributed by atoms with van der Waals surface area (Å²) in [6.45, 7) is 4.78. The molecule has 1 saturated heterocycles. The lowest BCUT2D eigenvalue weighted by molar-refractivity contribution is 0.0683. The molecular formula is C17H21N3O. The molecule has 0 unspecified atom stereocenters. The Hall–Kier alpha value is -2.10. The molecule has 3 rings (SSSR count). The molecule has 0 spiro atoms. The van der Waals surface area contributed by atoms with Crippen LogP contribution < -0.4 is 0 Å². The molecule has 4 nitrogen and oxygen atoms in total. The van der Waals surface area contributed by atoms with Crippen molar-refractivity contribution in [2.75, 3.05) is 13.1 Å². The van der Waals surface area contributed by atoms with E-state index in [0.29, 0.717) is 5.92 Å². The van der Waals surface area contributed by atoms with Crippen molar-refractivity contribution in [2.45, 2.75) is 26.3 Å². The minimum atomic E-state index is 0.163. The molecule has 1 fully saturated rings. The lowest BCUT2D eigenvalue weighted by atomic mass is 9.99. The summed E-state index contributed by atoms with van der Waals surface area (Å²) in [6, 6.07) is 7.93. The van der Waals surface area contributed by atoms with Crippen LogP contribution in [0.2, 0.25) is 0 Å². The summed E-state index contributed by atoms with van der Waals surface area (Å²) in [4.78, 5) is 18.5. The van der Waals surface area contributed by atoms with Crippen LogP contribution in [0.4, 0.5) is 0 Å². The molecule has 0 saturated carbocycles. The highest BCUT2D eigenvalue weighted by atomic mass is 16.2. The van der Waals surface area contributed by atoms with Gasteiger partial charge in [0.05, 0.1) is 6.33 Å². The van der Waals surface area contributed by atoms with Gasteiger partial charge in [-0.2, -0.15) is 0 Å². The minimum Gasteiger partial charge on any atom is -0.338 e. The van der Waals surface area contributed by atoms with Crippen LogP contribution in [0.15, 0.2) is 43.0 Å². The second-order valence-corrected chi connectivity index (χ2v) is 5.93. The molecule has 0 N–H and O–H groups in total. The van der Waals surface area contributed by atoms with Gasteiger partial charge in [0.15, 0.2) is 0 Å². The molecule has 2 heterocycles. The van der Waals surface area contributed by atoms with Gasteiger partial charge in [-0.05, 0) is 36.5 Å². The van der Waals surface area contributed by atoms with E-state index in [1.54, 1.807) is 12.5 Å². The van der Waals surface area contributed by atoms with Crippen LogP contribution in [-0.4, -0.2) is 33.4 Å². The van der Waals surface area contributed by atoms with Crippen LogP contribution in [0.5, 0.6) is 0 Å². The van der Waals surface area contributed by atoms with Crippen LogP contribution in [0.1, 0.15) is 35.7 Å². The van der Waals surface area contributed by atoms with Crippen molar-refractivity contribution in [3.05, 3.63) is 54.1 Å². The van der Waals surface area contributed by atoms with Crippen molar-refractivity contribution in [1.29, 1.82) is 0 Å². The second-order valence-electron chi connectivity index (χ2n) is 5.93. The van der Waals surface area contributed by atoms with Crippen LogP contribution in [0.3, 0.4) is 0 Å². The number of hydrogen-bond donors (Lipinski definition) is 0. The molecule has 1 atom stereocenters. The maximum atomic E-state index is 12.5. The van der Waals surface area contributed by atoms with E-state index in [-0.39, 0.29) is 5.91 Å². The van der Waals surface area contributed by atoms with Gasteiger partial charge in [0, 0.05) is 37.6 Å². The summed E-state index contributed by atoms with van der Waals surface area (Å²) in [5.41, 5.74) is 1.97. The van der Waals surface area contributed by atoms with Gasteiger partial charge in [0.1, 0.15) is 0 Å². The fourth-order valence-corrected chi connectivity index (χ4v) is 2.90. The average molecular weight is 283 g/mol. The first-order valence-electron chi connectivity index (χ1n) is 7.56. The van der Waals surface area contributed by atoms with Gasteiger partial charge >= 0.3 is 0 Å². The Bertz CT molecular complexity index is 589. The highest BCUT2D eigenvalue weighted by molar-refractivity contribution is 5.94. The largest absolute Gasteiger partial charge is 0.338 e. The Morgan fingerprint density at radius 2 is 2.14 bits per heavy atom. The normalized spacial score (nSPS) is 18.7. The first-order chi connectivity index (χ1) is 10.2. The van der Waals surface area contributed by atoms with E-state index in [2.05, 4.69) is 11.9 Å². The van der Waals surface area contributed by atoms with Crippen LogP contribution in [0, 0.1) is 5.92 Å². The summed E-state index contributed by atoms with van der Waals surface area (Å²) in [5, 5.41) is 0. The zero-order chi connectivity index (χ0) is 14.7.